The molecule has 0 aliphatic carbocycles. The van der Waals surface area contributed by atoms with Crippen molar-refractivity contribution >= 4 is 23.6 Å². The van der Waals surface area contributed by atoms with Gasteiger partial charge in [-0.3, -0.25) is 14.5 Å². The molecule has 2 aliphatic rings. The second kappa shape index (κ2) is 11.2. The van der Waals surface area contributed by atoms with Crippen molar-refractivity contribution in [3.63, 3.8) is 0 Å². The lowest BCUT2D eigenvalue weighted by Gasteiger charge is -2.33. The number of carbonyl (C=O) groups excluding carboxylic acids is 2. The standard InChI is InChI=1S/C27H35N3O2S/c1-33-24-9-7-21(8-10-24)19-27(16-12-26(32)29-27)15-11-25(31)28-23-13-17-30(18-14-23)20-22-5-3-2-4-6-22/h2-10,23H,11-20H2,1H3,(H,28,31)(H,29,32). The highest BCUT2D eigenvalue weighted by Gasteiger charge is 2.38. The first-order valence-electron chi connectivity index (χ1n) is 12.0. The fourth-order valence-corrected chi connectivity index (χ4v) is 5.45. The van der Waals surface area contributed by atoms with Gasteiger partial charge in [0.05, 0.1) is 0 Å². The molecule has 5 nitrogen and oxygen atoms in total. The second-order valence-electron chi connectivity index (χ2n) is 9.46. The summed E-state index contributed by atoms with van der Waals surface area (Å²) < 4.78 is 0. The summed E-state index contributed by atoms with van der Waals surface area (Å²) in [4.78, 5) is 28.5. The molecule has 2 saturated heterocycles. The molecule has 0 bridgehead atoms. The van der Waals surface area contributed by atoms with E-state index >= 15 is 0 Å². The van der Waals surface area contributed by atoms with E-state index in [-0.39, 0.29) is 23.4 Å². The summed E-state index contributed by atoms with van der Waals surface area (Å²) in [5.74, 6) is 0.205. The first-order valence-corrected chi connectivity index (χ1v) is 13.3. The van der Waals surface area contributed by atoms with Gasteiger partial charge in [-0.05, 0) is 61.6 Å². The van der Waals surface area contributed by atoms with E-state index in [1.807, 2.05) is 6.07 Å². The van der Waals surface area contributed by atoms with E-state index in [4.69, 9.17) is 0 Å². The van der Waals surface area contributed by atoms with E-state index in [2.05, 4.69) is 70.3 Å². The number of thioether (sulfide) groups is 1. The monoisotopic (exact) mass is 465 g/mol. The molecule has 2 N–H and O–H groups in total. The molecule has 6 heteroatoms. The first kappa shape index (κ1) is 23.8. The van der Waals surface area contributed by atoms with Gasteiger partial charge in [-0.2, -0.15) is 0 Å². The zero-order valence-corrected chi connectivity index (χ0v) is 20.3. The molecular weight excluding hydrogens is 430 g/mol. The molecule has 0 saturated carbocycles. The van der Waals surface area contributed by atoms with Crippen LogP contribution >= 0.6 is 11.8 Å². The van der Waals surface area contributed by atoms with Crippen LogP contribution in [0.2, 0.25) is 0 Å². The molecule has 0 radical (unpaired) electrons. The van der Waals surface area contributed by atoms with Gasteiger partial charge in [-0.1, -0.05) is 42.5 Å². The molecular formula is C27H35N3O2S. The number of hydrogen-bond acceptors (Lipinski definition) is 4. The van der Waals surface area contributed by atoms with Crippen LogP contribution in [0.5, 0.6) is 0 Å². The molecule has 0 spiro atoms. The maximum atomic E-state index is 12.8. The van der Waals surface area contributed by atoms with Crippen molar-refractivity contribution in [2.45, 2.75) is 68.0 Å². The third-order valence-corrected chi connectivity index (χ3v) is 7.71. The lowest BCUT2D eigenvalue weighted by atomic mass is 9.85. The van der Waals surface area contributed by atoms with E-state index in [0.717, 1.165) is 45.3 Å². The van der Waals surface area contributed by atoms with Gasteiger partial charge in [-0.25, -0.2) is 0 Å². The molecule has 33 heavy (non-hydrogen) atoms. The molecule has 2 aliphatic heterocycles. The van der Waals surface area contributed by atoms with Crippen LogP contribution in [0, 0.1) is 0 Å². The van der Waals surface area contributed by atoms with Gasteiger partial charge in [0.25, 0.3) is 0 Å². The van der Waals surface area contributed by atoms with Crippen molar-refractivity contribution in [3.05, 3.63) is 65.7 Å². The largest absolute Gasteiger partial charge is 0.353 e. The van der Waals surface area contributed by atoms with Crippen molar-refractivity contribution in [1.29, 1.82) is 0 Å². The van der Waals surface area contributed by atoms with Crippen molar-refractivity contribution in [1.82, 2.24) is 15.5 Å². The van der Waals surface area contributed by atoms with Crippen molar-refractivity contribution in [3.8, 4) is 0 Å². The SMILES string of the molecule is CSc1ccc(CC2(CCC(=O)NC3CCN(Cc4ccccc4)CC3)CCC(=O)N2)cc1. The summed E-state index contributed by atoms with van der Waals surface area (Å²) in [7, 11) is 0. The van der Waals surface area contributed by atoms with Crippen LogP contribution in [0.15, 0.2) is 59.5 Å². The minimum Gasteiger partial charge on any atom is -0.353 e. The Bertz CT molecular complexity index is 926. The Hall–Kier alpha value is -2.31. The predicted octanol–water partition coefficient (Wildman–Crippen LogP) is 4.16. The van der Waals surface area contributed by atoms with Crippen LogP contribution in [0.1, 0.15) is 49.7 Å². The average molecular weight is 466 g/mol. The number of benzene rings is 2. The normalized spacial score (nSPS) is 21.7. The van der Waals surface area contributed by atoms with Gasteiger partial charge in [-0.15, -0.1) is 11.8 Å². The molecule has 4 rings (SSSR count). The summed E-state index contributed by atoms with van der Waals surface area (Å²) in [6.45, 7) is 2.99. The number of likely N-dealkylation sites (tertiary alicyclic amines) is 1. The number of hydrogen-bond donors (Lipinski definition) is 2. The Morgan fingerprint density at radius 2 is 1.82 bits per heavy atom. The number of nitrogens with zero attached hydrogens (tertiary/aromatic N) is 1. The second-order valence-corrected chi connectivity index (χ2v) is 10.3. The van der Waals surface area contributed by atoms with Gasteiger partial charge in [0.2, 0.25) is 11.8 Å². The third-order valence-electron chi connectivity index (χ3n) is 6.97. The van der Waals surface area contributed by atoms with Crippen molar-refractivity contribution in [2.24, 2.45) is 0 Å². The molecule has 2 aromatic rings. The van der Waals surface area contributed by atoms with E-state index < -0.39 is 0 Å². The predicted molar refractivity (Wildman–Crippen MR) is 134 cm³/mol. The lowest BCUT2D eigenvalue weighted by Crippen LogP contribution is -2.47. The summed E-state index contributed by atoms with van der Waals surface area (Å²) in [6, 6.07) is 19.3. The number of piperidine rings is 1. The van der Waals surface area contributed by atoms with Crippen molar-refractivity contribution < 1.29 is 9.59 Å². The number of nitrogens with one attached hydrogen (secondary N) is 2. The molecule has 1 unspecified atom stereocenters. The van der Waals surface area contributed by atoms with Crippen LogP contribution in [-0.2, 0) is 22.6 Å². The van der Waals surface area contributed by atoms with E-state index in [1.54, 1.807) is 11.8 Å². The van der Waals surface area contributed by atoms with E-state index in [9.17, 15) is 9.59 Å². The highest BCUT2D eigenvalue weighted by Crippen LogP contribution is 2.30. The Labute approximate surface area is 201 Å². The number of rotatable bonds is 9. The zero-order chi connectivity index (χ0) is 23.1. The fraction of sp³-hybridized carbons (Fsp3) is 0.481. The quantitative estimate of drug-likeness (QED) is 0.546. The minimum absolute atomic E-state index is 0.0990. The molecule has 0 aromatic heterocycles. The molecule has 2 amide bonds. The van der Waals surface area contributed by atoms with Crippen LogP contribution in [0.3, 0.4) is 0 Å². The van der Waals surface area contributed by atoms with Gasteiger partial charge in [0.15, 0.2) is 0 Å². The Morgan fingerprint density at radius 3 is 2.45 bits per heavy atom. The van der Waals surface area contributed by atoms with Crippen LogP contribution < -0.4 is 10.6 Å². The fourth-order valence-electron chi connectivity index (χ4n) is 5.05. The first-order chi connectivity index (χ1) is 16.0. The molecule has 2 heterocycles. The van der Waals surface area contributed by atoms with Gasteiger partial charge in [0, 0.05) is 49.0 Å². The molecule has 1 atom stereocenters. The van der Waals surface area contributed by atoms with Gasteiger partial charge < -0.3 is 10.6 Å². The maximum Gasteiger partial charge on any atom is 0.220 e. The summed E-state index contributed by atoms with van der Waals surface area (Å²) in [5.41, 5.74) is 2.24. The summed E-state index contributed by atoms with van der Waals surface area (Å²) >= 11 is 1.72. The van der Waals surface area contributed by atoms with Gasteiger partial charge in [0.1, 0.15) is 0 Å². The zero-order valence-electron chi connectivity index (χ0n) is 19.5. The van der Waals surface area contributed by atoms with Crippen LogP contribution in [0.4, 0.5) is 0 Å². The van der Waals surface area contributed by atoms with Crippen molar-refractivity contribution in [2.75, 3.05) is 19.3 Å². The van der Waals surface area contributed by atoms with Gasteiger partial charge >= 0.3 is 0 Å². The molecule has 176 valence electrons. The van der Waals surface area contributed by atoms with Crippen LogP contribution in [-0.4, -0.2) is 47.6 Å². The average Bonchev–Trinajstić information content (AvgIpc) is 3.20. The smallest absolute Gasteiger partial charge is 0.220 e. The summed E-state index contributed by atoms with van der Waals surface area (Å²) in [6.07, 6.45) is 7.29. The van der Waals surface area contributed by atoms with E-state index in [0.29, 0.717) is 19.3 Å². The molecule has 2 fully saturated rings. The Kier molecular flexibility index (Phi) is 8.10. The minimum atomic E-state index is -0.311. The van der Waals surface area contributed by atoms with E-state index in [1.165, 1.54) is 16.0 Å². The number of amides is 2. The third kappa shape index (κ3) is 6.84. The lowest BCUT2D eigenvalue weighted by molar-refractivity contribution is -0.123. The highest BCUT2D eigenvalue weighted by atomic mass is 32.2. The highest BCUT2D eigenvalue weighted by molar-refractivity contribution is 7.98. The maximum absolute atomic E-state index is 12.8. The Balaban J connectivity index is 1.24. The van der Waals surface area contributed by atoms with Crippen LogP contribution in [0.25, 0.3) is 0 Å². The molecule has 2 aromatic carbocycles. The Morgan fingerprint density at radius 1 is 1.09 bits per heavy atom. The topological polar surface area (TPSA) is 61.4 Å². The summed E-state index contributed by atoms with van der Waals surface area (Å²) in [5, 5.41) is 6.46. The number of carbonyl (C=O) groups is 2.